The molecule has 7 heteroatoms. The summed E-state index contributed by atoms with van der Waals surface area (Å²) in [6.45, 7) is 0. The molecule has 0 spiro atoms. The predicted octanol–water partition coefficient (Wildman–Crippen LogP) is 3.04. The Bertz CT molecular complexity index is 456. The van der Waals surface area contributed by atoms with Gasteiger partial charge < -0.3 is 10.2 Å². The molecule has 0 bridgehead atoms. The highest BCUT2D eigenvalue weighted by molar-refractivity contribution is 6.46. The minimum Gasteiger partial charge on any atom is -0.478 e. The lowest BCUT2D eigenvalue weighted by molar-refractivity contribution is 0.0652. The average molecular weight is 269 g/mol. The summed E-state index contributed by atoms with van der Waals surface area (Å²) < 4.78 is 0. The van der Waals surface area contributed by atoms with Crippen LogP contribution in [0.2, 0.25) is 15.1 Å². The predicted molar refractivity (Wildman–Crippen MR) is 55.4 cm³/mol. The number of hydrogen-bond donors (Lipinski definition) is 2. The van der Waals surface area contributed by atoms with E-state index >= 15 is 0 Å². The van der Waals surface area contributed by atoms with Crippen LogP contribution in [0.25, 0.3) is 0 Å². The van der Waals surface area contributed by atoms with Crippen LogP contribution in [-0.2, 0) is 0 Å². The van der Waals surface area contributed by atoms with Gasteiger partial charge in [-0.1, -0.05) is 34.8 Å². The molecule has 0 amide bonds. The smallest absolute Gasteiger partial charge is 0.338 e. The highest BCUT2D eigenvalue weighted by atomic mass is 35.5. The molecule has 0 unspecified atom stereocenters. The van der Waals surface area contributed by atoms with Gasteiger partial charge in [0.15, 0.2) is 0 Å². The molecule has 0 aliphatic rings. The van der Waals surface area contributed by atoms with Crippen LogP contribution in [0.15, 0.2) is 6.07 Å². The van der Waals surface area contributed by atoms with E-state index in [9.17, 15) is 9.59 Å². The number of carboxylic acids is 2. The van der Waals surface area contributed by atoms with Gasteiger partial charge >= 0.3 is 11.9 Å². The molecule has 2 N–H and O–H groups in total. The van der Waals surface area contributed by atoms with Crippen molar-refractivity contribution >= 4 is 46.7 Å². The molecule has 0 fully saturated rings. The lowest BCUT2D eigenvalue weighted by Crippen LogP contribution is -2.10. The van der Waals surface area contributed by atoms with E-state index < -0.39 is 23.1 Å². The number of carbonyl (C=O) groups is 2. The minimum atomic E-state index is -1.50. The zero-order valence-electron chi connectivity index (χ0n) is 6.92. The van der Waals surface area contributed by atoms with Gasteiger partial charge in [-0.25, -0.2) is 9.59 Å². The van der Waals surface area contributed by atoms with Crippen LogP contribution in [0.4, 0.5) is 0 Å². The van der Waals surface area contributed by atoms with Gasteiger partial charge in [0.25, 0.3) is 0 Å². The molecular formula is C8H3Cl3O4. The van der Waals surface area contributed by atoms with Crippen molar-refractivity contribution in [3.63, 3.8) is 0 Å². The monoisotopic (exact) mass is 268 g/mol. The SMILES string of the molecule is O=C(O)c1c(Cl)cc(Cl)c(Cl)c1C(=O)O. The van der Waals surface area contributed by atoms with E-state index in [1.54, 1.807) is 0 Å². The van der Waals surface area contributed by atoms with Crippen molar-refractivity contribution in [3.8, 4) is 0 Å². The van der Waals surface area contributed by atoms with Gasteiger partial charge in [-0.15, -0.1) is 0 Å². The Morgan fingerprint density at radius 2 is 1.40 bits per heavy atom. The third kappa shape index (κ3) is 2.17. The van der Waals surface area contributed by atoms with Crippen molar-refractivity contribution in [2.24, 2.45) is 0 Å². The fourth-order valence-corrected chi connectivity index (χ4v) is 1.78. The van der Waals surface area contributed by atoms with Crippen molar-refractivity contribution in [3.05, 3.63) is 32.3 Å². The Balaban J connectivity index is 3.69. The fraction of sp³-hybridized carbons (Fsp3) is 0. The van der Waals surface area contributed by atoms with E-state index in [-0.39, 0.29) is 15.1 Å². The van der Waals surface area contributed by atoms with Gasteiger partial charge in [-0.2, -0.15) is 0 Å². The molecule has 0 heterocycles. The van der Waals surface area contributed by atoms with Crippen LogP contribution in [-0.4, -0.2) is 22.2 Å². The van der Waals surface area contributed by atoms with Crippen LogP contribution in [0.5, 0.6) is 0 Å². The first-order valence-corrected chi connectivity index (χ1v) is 4.63. The highest BCUT2D eigenvalue weighted by Gasteiger charge is 2.25. The molecule has 15 heavy (non-hydrogen) atoms. The van der Waals surface area contributed by atoms with Gasteiger partial charge in [0.1, 0.15) is 0 Å². The molecule has 0 atom stereocenters. The van der Waals surface area contributed by atoms with Crippen molar-refractivity contribution in [2.75, 3.05) is 0 Å². The Kier molecular flexibility index (Phi) is 3.44. The molecule has 80 valence electrons. The molecule has 0 saturated carbocycles. The van der Waals surface area contributed by atoms with Gasteiger partial charge in [-0.05, 0) is 6.07 Å². The Hall–Kier alpha value is -0.970. The second-order valence-corrected chi connectivity index (χ2v) is 3.71. The number of halogens is 3. The fourth-order valence-electron chi connectivity index (χ4n) is 1.01. The molecule has 0 aliphatic carbocycles. The van der Waals surface area contributed by atoms with Crippen LogP contribution in [0, 0.1) is 0 Å². The van der Waals surface area contributed by atoms with E-state index in [1.165, 1.54) is 0 Å². The number of carboxylic acid groups (broad SMARTS) is 2. The van der Waals surface area contributed by atoms with Crippen molar-refractivity contribution in [2.45, 2.75) is 0 Å². The van der Waals surface area contributed by atoms with Crippen molar-refractivity contribution in [1.29, 1.82) is 0 Å². The first-order chi connectivity index (χ1) is 6.86. The largest absolute Gasteiger partial charge is 0.478 e. The number of hydrogen-bond acceptors (Lipinski definition) is 2. The Morgan fingerprint density at radius 1 is 0.933 bits per heavy atom. The van der Waals surface area contributed by atoms with Gasteiger partial charge in [-0.3, -0.25) is 0 Å². The lowest BCUT2D eigenvalue weighted by Gasteiger charge is -2.07. The average Bonchev–Trinajstić information content (AvgIpc) is 2.09. The van der Waals surface area contributed by atoms with Gasteiger partial charge in [0.05, 0.1) is 26.2 Å². The lowest BCUT2D eigenvalue weighted by atomic mass is 10.1. The van der Waals surface area contributed by atoms with Crippen LogP contribution < -0.4 is 0 Å². The first-order valence-electron chi connectivity index (χ1n) is 3.50. The molecule has 0 aromatic heterocycles. The summed E-state index contributed by atoms with van der Waals surface area (Å²) in [5.41, 5.74) is -1.18. The van der Waals surface area contributed by atoms with E-state index in [4.69, 9.17) is 45.0 Å². The van der Waals surface area contributed by atoms with E-state index in [2.05, 4.69) is 0 Å². The van der Waals surface area contributed by atoms with Crippen LogP contribution in [0.1, 0.15) is 20.7 Å². The van der Waals surface area contributed by atoms with Crippen molar-refractivity contribution < 1.29 is 19.8 Å². The molecule has 1 aromatic carbocycles. The number of benzene rings is 1. The summed E-state index contributed by atoms with van der Waals surface area (Å²) in [4.78, 5) is 21.5. The van der Waals surface area contributed by atoms with E-state index in [1.807, 2.05) is 0 Å². The summed E-state index contributed by atoms with van der Waals surface area (Å²) in [6, 6.07) is 1.08. The minimum absolute atomic E-state index is 0.107. The quantitative estimate of drug-likeness (QED) is 0.809. The molecule has 4 nitrogen and oxygen atoms in total. The Morgan fingerprint density at radius 3 is 1.80 bits per heavy atom. The second-order valence-electron chi connectivity index (χ2n) is 2.51. The number of rotatable bonds is 2. The molecular weight excluding hydrogens is 266 g/mol. The maximum atomic E-state index is 10.8. The third-order valence-corrected chi connectivity index (χ3v) is 2.68. The molecule has 0 aliphatic heterocycles. The van der Waals surface area contributed by atoms with Crippen LogP contribution in [0.3, 0.4) is 0 Å². The maximum Gasteiger partial charge on any atom is 0.338 e. The van der Waals surface area contributed by atoms with Crippen molar-refractivity contribution in [1.82, 2.24) is 0 Å². The molecule has 1 aromatic rings. The first kappa shape index (κ1) is 12.1. The van der Waals surface area contributed by atoms with E-state index in [0.29, 0.717) is 0 Å². The normalized spacial score (nSPS) is 10.1. The highest BCUT2D eigenvalue weighted by Crippen LogP contribution is 2.33. The van der Waals surface area contributed by atoms with Gasteiger partial charge in [0, 0.05) is 0 Å². The maximum absolute atomic E-state index is 10.8. The molecule has 1 rings (SSSR count). The summed E-state index contributed by atoms with van der Waals surface area (Å²) >= 11 is 16.7. The summed E-state index contributed by atoms with van der Waals surface area (Å²) in [5.74, 6) is -2.97. The van der Waals surface area contributed by atoms with E-state index in [0.717, 1.165) is 6.07 Å². The van der Waals surface area contributed by atoms with Gasteiger partial charge in [0.2, 0.25) is 0 Å². The summed E-state index contributed by atoms with van der Waals surface area (Å²) in [6.07, 6.45) is 0. The zero-order valence-corrected chi connectivity index (χ0v) is 9.19. The number of aromatic carboxylic acids is 2. The van der Waals surface area contributed by atoms with Crippen LogP contribution >= 0.6 is 34.8 Å². The standard InChI is InChI=1S/C8H3Cl3O4/c9-2-1-3(10)6(11)5(8(14)15)4(2)7(12)13/h1H,(H,12,13)(H,14,15). The molecule has 0 saturated heterocycles. The topological polar surface area (TPSA) is 74.6 Å². The molecule has 0 radical (unpaired) electrons. The Labute approximate surface area is 99.0 Å². The summed E-state index contributed by atoms with van der Waals surface area (Å²) in [7, 11) is 0. The summed E-state index contributed by atoms with van der Waals surface area (Å²) in [5, 5.41) is 16.8. The third-order valence-electron chi connectivity index (χ3n) is 1.60. The zero-order chi connectivity index (χ0) is 11.7. The second kappa shape index (κ2) is 4.26.